The predicted octanol–water partition coefficient (Wildman–Crippen LogP) is 1.84. The Balaban J connectivity index is 2.26. The molecule has 0 aromatic carbocycles. The summed E-state index contributed by atoms with van der Waals surface area (Å²) in [6.45, 7) is 7.41. The highest BCUT2D eigenvalue weighted by Gasteiger charge is 2.11. The number of nitrogens with zero attached hydrogens (tertiary/aromatic N) is 1. The van der Waals surface area contributed by atoms with Crippen LogP contribution in [-0.2, 0) is 4.74 Å². The molecule has 0 bridgehead atoms. The van der Waals surface area contributed by atoms with Crippen LogP contribution in [0.2, 0.25) is 0 Å². The van der Waals surface area contributed by atoms with Crippen LogP contribution in [0.25, 0.3) is 0 Å². The van der Waals surface area contributed by atoms with Crippen molar-refractivity contribution >= 4 is 11.7 Å². The molecule has 0 aliphatic rings. The molecule has 1 aromatic heterocycles. The number of urea groups is 1. The molecule has 0 radical (unpaired) electrons. The third-order valence-corrected chi connectivity index (χ3v) is 2.23. The molecule has 0 fully saturated rings. The lowest BCUT2D eigenvalue weighted by molar-refractivity contribution is 0.145. The summed E-state index contributed by atoms with van der Waals surface area (Å²) >= 11 is 0. The number of amides is 2. The molecule has 0 atom stereocenters. The highest BCUT2D eigenvalue weighted by atomic mass is 16.5. The van der Waals surface area contributed by atoms with Crippen LogP contribution in [0, 0.1) is 13.8 Å². The van der Waals surface area contributed by atoms with Gasteiger partial charge in [-0.25, -0.2) is 4.79 Å². The largest absolute Gasteiger partial charge is 0.382 e. The summed E-state index contributed by atoms with van der Waals surface area (Å²) in [5, 5.41) is 9.19. The number of anilines is 1. The topological polar surface area (TPSA) is 76.4 Å². The van der Waals surface area contributed by atoms with Gasteiger partial charge in [-0.1, -0.05) is 5.16 Å². The van der Waals surface area contributed by atoms with Crippen LogP contribution in [0.3, 0.4) is 0 Å². The van der Waals surface area contributed by atoms with Crippen molar-refractivity contribution < 1.29 is 14.1 Å². The Labute approximate surface area is 101 Å². The van der Waals surface area contributed by atoms with E-state index in [4.69, 9.17) is 9.26 Å². The van der Waals surface area contributed by atoms with Crippen molar-refractivity contribution in [2.75, 3.05) is 25.1 Å². The van der Waals surface area contributed by atoms with Gasteiger partial charge < -0.3 is 19.9 Å². The molecule has 6 nitrogen and oxygen atoms in total. The van der Waals surface area contributed by atoms with Gasteiger partial charge in [0.05, 0.1) is 0 Å². The molecule has 0 saturated heterocycles. The molecule has 0 unspecified atom stereocenters. The van der Waals surface area contributed by atoms with E-state index >= 15 is 0 Å². The molecule has 6 heteroatoms. The summed E-state index contributed by atoms with van der Waals surface area (Å²) in [7, 11) is 0. The maximum Gasteiger partial charge on any atom is 0.319 e. The number of carbonyl (C=O) groups is 1. The number of ether oxygens (including phenoxy) is 1. The zero-order valence-corrected chi connectivity index (χ0v) is 10.5. The average molecular weight is 241 g/mol. The third kappa shape index (κ3) is 4.44. The highest BCUT2D eigenvalue weighted by Crippen LogP contribution is 2.17. The molecule has 1 aromatic rings. The van der Waals surface area contributed by atoms with Gasteiger partial charge in [0.25, 0.3) is 0 Å². The fraction of sp³-hybridized carbons (Fsp3) is 0.636. The van der Waals surface area contributed by atoms with Gasteiger partial charge in [-0.3, -0.25) is 0 Å². The lowest BCUT2D eigenvalue weighted by Crippen LogP contribution is -2.30. The average Bonchev–Trinajstić information content (AvgIpc) is 2.60. The summed E-state index contributed by atoms with van der Waals surface area (Å²) in [5.74, 6) is 0.604. The zero-order valence-electron chi connectivity index (χ0n) is 10.5. The quantitative estimate of drug-likeness (QED) is 0.745. The van der Waals surface area contributed by atoms with Crippen molar-refractivity contribution in [2.45, 2.75) is 27.2 Å². The van der Waals surface area contributed by atoms with Crippen molar-refractivity contribution in [3.05, 3.63) is 11.5 Å². The Morgan fingerprint density at radius 3 is 2.82 bits per heavy atom. The molecule has 2 amide bonds. The fourth-order valence-electron chi connectivity index (χ4n) is 1.34. The van der Waals surface area contributed by atoms with E-state index in [0.29, 0.717) is 36.9 Å². The van der Waals surface area contributed by atoms with E-state index in [-0.39, 0.29) is 6.03 Å². The van der Waals surface area contributed by atoms with Crippen molar-refractivity contribution in [1.29, 1.82) is 0 Å². The van der Waals surface area contributed by atoms with E-state index in [2.05, 4.69) is 15.8 Å². The minimum Gasteiger partial charge on any atom is -0.382 e. The number of aryl methyl sites for hydroxylation is 2. The van der Waals surface area contributed by atoms with Crippen molar-refractivity contribution in [3.63, 3.8) is 0 Å². The van der Waals surface area contributed by atoms with Gasteiger partial charge in [-0.2, -0.15) is 0 Å². The molecule has 96 valence electrons. The second kappa shape index (κ2) is 6.90. The van der Waals surface area contributed by atoms with Gasteiger partial charge >= 0.3 is 6.03 Å². The Bertz CT molecular complexity index is 343. The minimum atomic E-state index is -0.254. The summed E-state index contributed by atoms with van der Waals surface area (Å²) < 4.78 is 10.1. The molecule has 17 heavy (non-hydrogen) atoms. The van der Waals surface area contributed by atoms with Crippen LogP contribution < -0.4 is 10.6 Å². The number of hydrogen-bond acceptors (Lipinski definition) is 4. The van der Waals surface area contributed by atoms with E-state index in [9.17, 15) is 4.79 Å². The predicted molar refractivity (Wildman–Crippen MR) is 64.1 cm³/mol. The second-order valence-electron chi connectivity index (χ2n) is 3.63. The first-order valence-corrected chi connectivity index (χ1v) is 5.70. The molecule has 0 aliphatic heterocycles. The van der Waals surface area contributed by atoms with E-state index < -0.39 is 0 Å². The van der Waals surface area contributed by atoms with Crippen molar-refractivity contribution in [3.8, 4) is 0 Å². The van der Waals surface area contributed by atoms with Crippen LogP contribution in [-0.4, -0.2) is 30.9 Å². The Morgan fingerprint density at radius 2 is 2.24 bits per heavy atom. The van der Waals surface area contributed by atoms with E-state index in [1.165, 1.54) is 0 Å². The Morgan fingerprint density at radius 1 is 1.47 bits per heavy atom. The molecule has 1 rings (SSSR count). The van der Waals surface area contributed by atoms with E-state index in [1.54, 1.807) is 13.8 Å². The van der Waals surface area contributed by atoms with Gasteiger partial charge in [-0.15, -0.1) is 0 Å². The smallest absolute Gasteiger partial charge is 0.319 e. The molecular formula is C11H19N3O3. The normalized spacial score (nSPS) is 10.3. The fourth-order valence-corrected chi connectivity index (χ4v) is 1.34. The summed E-state index contributed by atoms with van der Waals surface area (Å²) in [5.41, 5.74) is 1.30. The summed E-state index contributed by atoms with van der Waals surface area (Å²) in [6, 6.07) is -0.254. The Kier molecular flexibility index (Phi) is 5.48. The number of aromatic nitrogens is 1. The van der Waals surface area contributed by atoms with Gasteiger partial charge in [0.15, 0.2) is 5.76 Å². The second-order valence-corrected chi connectivity index (χ2v) is 3.63. The zero-order chi connectivity index (χ0) is 12.7. The van der Waals surface area contributed by atoms with E-state index in [0.717, 1.165) is 6.42 Å². The Hall–Kier alpha value is -1.56. The monoisotopic (exact) mass is 241 g/mol. The maximum atomic E-state index is 11.5. The van der Waals surface area contributed by atoms with Crippen LogP contribution in [0.15, 0.2) is 4.52 Å². The minimum absolute atomic E-state index is 0.254. The van der Waals surface area contributed by atoms with Crippen molar-refractivity contribution in [1.82, 2.24) is 10.5 Å². The summed E-state index contributed by atoms with van der Waals surface area (Å²) in [4.78, 5) is 11.5. The van der Waals surface area contributed by atoms with E-state index in [1.807, 2.05) is 6.92 Å². The number of carbonyl (C=O) groups excluding carboxylic acids is 1. The SMILES string of the molecule is CCOCCCNC(=O)Nc1c(C)noc1C. The molecular weight excluding hydrogens is 222 g/mol. The third-order valence-electron chi connectivity index (χ3n) is 2.23. The maximum absolute atomic E-state index is 11.5. The van der Waals surface area contributed by atoms with Gasteiger partial charge in [-0.05, 0) is 27.2 Å². The first-order valence-electron chi connectivity index (χ1n) is 5.70. The van der Waals surface area contributed by atoms with Crippen molar-refractivity contribution in [2.24, 2.45) is 0 Å². The van der Waals surface area contributed by atoms with Crippen LogP contribution >= 0.6 is 0 Å². The molecule has 0 spiro atoms. The van der Waals surface area contributed by atoms with Crippen LogP contribution in [0.5, 0.6) is 0 Å². The van der Waals surface area contributed by atoms with Crippen LogP contribution in [0.4, 0.5) is 10.5 Å². The number of rotatable bonds is 6. The lowest BCUT2D eigenvalue weighted by atomic mass is 10.3. The van der Waals surface area contributed by atoms with Gasteiger partial charge in [0.2, 0.25) is 0 Å². The summed E-state index contributed by atoms with van der Waals surface area (Å²) in [6.07, 6.45) is 0.795. The first kappa shape index (κ1) is 13.5. The lowest BCUT2D eigenvalue weighted by Gasteiger charge is -2.06. The first-order chi connectivity index (χ1) is 8.15. The molecule has 2 N–H and O–H groups in total. The number of hydrogen-bond donors (Lipinski definition) is 2. The molecule has 1 heterocycles. The number of nitrogens with one attached hydrogen (secondary N) is 2. The molecule has 0 aliphatic carbocycles. The van der Waals surface area contributed by atoms with Gasteiger partial charge in [0.1, 0.15) is 11.4 Å². The van der Waals surface area contributed by atoms with Gasteiger partial charge in [0, 0.05) is 19.8 Å². The highest BCUT2D eigenvalue weighted by molar-refractivity contribution is 5.90. The van der Waals surface area contributed by atoms with Crippen LogP contribution in [0.1, 0.15) is 24.8 Å². The molecule has 0 saturated carbocycles. The standard InChI is InChI=1S/C11H19N3O3/c1-4-16-7-5-6-12-11(15)13-10-8(2)14-17-9(10)3/h4-7H2,1-3H3,(H2,12,13,15).